The Balaban J connectivity index is 2.15. The molecule has 3 N–H and O–H groups in total. The van der Waals surface area contributed by atoms with Crippen molar-refractivity contribution in [2.45, 2.75) is 6.61 Å². The first-order valence-corrected chi connectivity index (χ1v) is 6.47. The van der Waals surface area contributed by atoms with Crippen molar-refractivity contribution in [3.63, 3.8) is 0 Å². The van der Waals surface area contributed by atoms with Gasteiger partial charge in [0.25, 0.3) is 0 Å². The van der Waals surface area contributed by atoms with Gasteiger partial charge in [0.2, 0.25) is 0 Å². The molecule has 0 aliphatic rings. The molecule has 0 amide bonds. The Morgan fingerprint density at radius 2 is 1.90 bits per heavy atom. The van der Waals surface area contributed by atoms with E-state index in [0.29, 0.717) is 10.0 Å². The third-order valence-electron chi connectivity index (χ3n) is 2.64. The Labute approximate surface area is 123 Å². The molecule has 20 heavy (non-hydrogen) atoms. The highest BCUT2D eigenvalue weighted by atomic mass is 79.9. The normalized spacial score (nSPS) is 10.3. The average molecular weight is 341 g/mol. The molecule has 0 spiro atoms. The lowest BCUT2D eigenvalue weighted by Gasteiger charge is -2.09. The van der Waals surface area contributed by atoms with Gasteiger partial charge < -0.3 is 10.5 Å². The standard InChI is InChI=1S/C14H11BrF2N2O/c15-10-3-4-11(16)13(6-10)20-7-9-2-1-8(14(18)19)5-12(9)17/h1-6H,7H2,(H3,18,19). The van der Waals surface area contributed by atoms with Crippen LogP contribution in [0.2, 0.25) is 0 Å². The average Bonchev–Trinajstić information content (AvgIpc) is 2.40. The van der Waals surface area contributed by atoms with E-state index in [4.69, 9.17) is 15.9 Å². The number of hydrogen-bond donors (Lipinski definition) is 2. The molecule has 0 aliphatic carbocycles. The Morgan fingerprint density at radius 1 is 1.15 bits per heavy atom. The molecule has 0 bridgehead atoms. The monoisotopic (exact) mass is 340 g/mol. The van der Waals surface area contributed by atoms with Crippen molar-refractivity contribution in [2.24, 2.45) is 5.73 Å². The zero-order valence-corrected chi connectivity index (χ0v) is 11.9. The van der Waals surface area contributed by atoms with Crippen LogP contribution in [0.25, 0.3) is 0 Å². The maximum Gasteiger partial charge on any atom is 0.165 e. The van der Waals surface area contributed by atoms with Gasteiger partial charge in [0.05, 0.1) is 0 Å². The van der Waals surface area contributed by atoms with Crippen LogP contribution in [-0.2, 0) is 6.61 Å². The van der Waals surface area contributed by atoms with Gasteiger partial charge in [-0.2, -0.15) is 0 Å². The maximum atomic E-state index is 13.8. The van der Waals surface area contributed by atoms with Crippen LogP contribution in [0.4, 0.5) is 8.78 Å². The van der Waals surface area contributed by atoms with Crippen molar-refractivity contribution >= 4 is 21.8 Å². The molecule has 0 saturated heterocycles. The van der Waals surface area contributed by atoms with Crippen LogP contribution in [-0.4, -0.2) is 5.84 Å². The van der Waals surface area contributed by atoms with Gasteiger partial charge in [-0.3, -0.25) is 5.41 Å². The summed E-state index contributed by atoms with van der Waals surface area (Å²) in [6.45, 7) is -0.114. The van der Waals surface area contributed by atoms with Crippen LogP contribution in [0.1, 0.15) is 11.1 Å². The summed E-state index contributed by atoms with van der Waals surface area (Å²) in [5.41, 5.74) is 5.82. The van der Waals surface area contributed by atoms with E-state index in [1.807, 2.05) is 0 Å². The molecule has 0 unspecified atom stereocenters. The molecule has 104 valence electrons. The molecule has 0 saturated carbocycles. The summed E-state index contributed by atoms with van der Waals surface area (Å²) in [6.07, 6.45) is 0. The van der Waals surface area contributed by atoms with Crippen LogP contribution in [0.15, 0.2) is 40.9 Å². The summed E-state index contributed by atoms with van der Waals surface area (Å²) in [6, 6.07) is 8.40. The topological polar surface area (TPSA) is 59.1 Å². The number of nitrogen functional groups attached to an aromatic ring is 1. The number of ether oxygens (including phenoxy) is 1. The molecular formula is C14H11BrF2N2O. The largest absolute Gasteiger partial charge is 0.486 e. The van der Waals surface area contributed by atoms with Crippen molar-refractivity contribution < 1.29 is 13.5 Å². The minimum Gasteiger partial charge on any atom is -0.486 e. The molecule has 0 atom stereocenters. The zero-order valence-electron chi connectivity index (χ0n) is 10.3. The number of benzene rings is 2. The van der Waals surface area contributed by atoms with Gasteiger partial charge in [-0.15, -0.1) is 0 Å². The SMILES string of the molecule is N=C(N)c1ccc(COc2cc(Br)ccc2F)c(F)c1. The third-order valence-corrected chi connectivity index (χ3v) is 3.13. The number of hydrogen-bond acceptors (Lipinski definition) is 2. The fourth-order valence-electron chi connectivity index (χ4n) is 1.58. The highest BCUT2D eigenvalue weighted by Crippen LogP contribution is 2.23. The van der Waals surface area contributed by atoms with Crippen LogP contribution < -0.4 is 10.5 Å². The maximum absolute atomic E-state index is 13.8. The lowest BCUT2D eigenvalue weighted by Crippen LogP contribution is -2.12. The molecule has 3 nitrogen and oxygen atoms in total. The Hall–Kier alpha value is -1.95. The van der Waals surface area contributed by atoms with E-state index >= 15 is 0 Å². The summed E-state index contributed by atoms with van der Waals surface area (Å²) >= 11 is 3.20. The molecule has 0 heterocycles. The summed E-state index contributed by atoms with van der Waals surface area (Å²) in [7, 11) is 0. The van der Waals surface area contributed by atoms with Crippen molar-refractivity contribution in [3.8, 4) is 5.75 Å². The van der Waals surface area contributed by atoms with E-state index < -0.39 is 11.6 Å². The first-order chi connectivity index (χ1) is 9.47. The van der Waals surface area contributed by atoms with Crippen LogP contribution in [0.3, 0.4) is 0 Å². The van der Waals surface area contributed by atoms with E-state index in [1.165, 1.54) is 24.3 Å². The Kier molecular flexibility index (Phi) is 4.34. The van der Waals surface area contributed by atoms with E-state index in [-0.39, 0.29) is 23.8 Å². The molecule has 6 heteroatoms. The molecule has 0 aliphatic heterocycles. The minimum absolute atomic E-state index is 0.0365. The second-order valence-electron chi connectivity index (χ2n) is 4.08. The predicted octanol–water partition coefficient (Wildman–Crippen LogP) is 3.59. The number of nitrogens with two attached hydrogens (primary N) is 1. The molecule has 0 fully saturated rings. The van der Waals surface area contributed by atoms with Gasteiger partial charge in [-0.1, -0.05) is 28.1 Å². The molecule has 2 aromatic rings. The number of amidine groups is 1. The fraction of sp³-hybridized carbons (Fsp3) is 0.0714. The van der Waals surface area contributed by atoms with E-state index in [9.17, 15) is 8.78 Å². The van der Waals surface area contributed by atoms with Gasteiger partial charge in [0, 0.05) is 15.6 Å². The summed E-state index contributed by atoms with van der Waals surface area (Å²) in [5, 5.41) is 7.22. The van der Waals surface area contributed by atoms with Crippen molar-refractivity contribution in [1.29, 1.82) is 5.41 Å². The first-order valence-electron chi connectivity index (χ1n) is 5.68. The van der Waals surface area contributed by atoms with Crippen molar-refractivity contribution in [1.82, 2.24) is 0 Å². The van der Waals surface area contributed by atoms with Crippen molar-refractivity contribution in [2.75, 3.05) is 0 Å². The summed E-state index contributed by atoms with van der Waals surface area (Å²) in [4.78, 5) is 0. The van der Waals surface area contributed by atoms with E-state index in [2.05, 4.69) is 15.9 Å². The lowest BCUT2D eigenvalue weighted by molar-refractivity contribution is 0.284. The first kappa shape index (κ1) is 14.5. The van der Waals surface area contributed by atoms with Crippen LogP contribution in [0, 0.1) is 17.0 Å². The number of halogens is 3. The van der Waals surface area contributed by atoms with Gasteiger partial charge in [0.1, 0.15) is 18.3 Å². The van der Waals surface area contributed by atoms with Gasteiger partial charge >= 0.3 is 0 Å². The quantitative estimate of drug-likeness (QED) is 0.660. The second kappa shape index (κ2) is 6.00. The molecule has 2 aromatic carbocycles. The van der Waals surface area contributed by atoms with Crippen molar-refractivity contribution in [3.05, 3.63) is 63.6 Å². The Morgan fingerprint density at radius 3 is 2.55 bits per heavy atom. The van der Waals surface area contributed by atoms with Gasteiger partial charge in [-0.05, 0) is 24.3 Å². The molecule has 0 radical (unpaired) electrons. The second-order valence-corrected chi connectivity index (χ2v) is 5.00. The highest BCUT2D eigenvalue weighted by Gasteiger charge is 2.08. The molecular weight excluding hydrogens is 330 g/mol. The zero-order chi connectivity index (χ0) is 14.7. The minimum atomic E-state index is -0.548. The van der Waals surface area contributed by atoms with E-state index in [1.54, 1.807) is 6.07 Å². The molecule has 2 rings (SSSR count). The molecule has 0 aromatic heterocycles. The highest BCUT2D eigenvalue weighted by molar-refractivity contribution is 9.10. The smallest absolute Gasteiger partial charge is 0.165 e. The van der Waals surface area contributed by atoms with Crippen LogP contribution in [0.5, 0.6) is 5.75 Å². The number of nitrogens with one attached hydrogen (secondary N) is 1. The van der Waals surface area contributed by atoms with Gasteiger partial charge in [0.15, 0.2) is 11.6 Å². The lowest BCUT2D eigenvalue weighted by atomic mass is 10.1. The Bertz CT molecular complexity index is 662. The summed E-state index contributed by atoms with van der Waals surface area (Å²) in [5.74, 6) is -1.24. The van der Waals surface area contributed by atoms with Crippen LogP contribution >= 0.6 is 15.9 Å². The van der Waals surface area contributed by atoms with E-state index in [0.717, 1.165) is 6.07 Å². The summed E-state index contributed by atoms with van der Waals surface area (Å²) < 4.78 is 33.1. The third kappa shape index (κ3) is 3.33. The number of rotatable bonds is 4. The van der Waals surface area contributed by atoms with Gasteiger partial charge in [-0.25, -0.2) is 8.78 Å². The fourth-order valence-corrected chi connectivity index (χ4v) is 1.92. The predicted molar refractivity (Wildman–Crippen MR) is 75.8 cm³/mol.